The van der Waals surface area contributed by atoms with Crippen LogP contribution in [0.15, 0.2) is 11.5 Å². The summed E-state index contributed by atoms with van der Waals surface area (Å²) in [6.45, 7) is 8.62. The van der Waals surface area contributed by atoms with Crippen molar-refractivity contribution in [1.82, 2.24) is 19.7 Å². The van der Waals surface area contributed by atoms with Crippen molar-refractivity contribution in [3.05, 3.63) is 6.33 Å². The summed E-state index contributed by atoms with van der Waals surface area (Å²) in [5.41, 5.74) is 0. The molecular weight excluding hydrogens is 288 g/mol. The first kappa shape index (κ1) is 18.0. The van der Waals surface area contributed by atoms with Crippen LogP contribution < -0.4 is 0 Å². The molecule has 1 rings (SSSR count). The molecule has 0 aliphatic rings. The number of thioether (sulfide) groups is 1. The normalized spacial score (nSPS) is 11.4. The van der Waals surface area contributed by atoms with Crippen LogP contribution in [0.3, 0.4) is 0 Å². The molecule has 0 fully saturated rings. The van der Waals surface area contributed by atoms with Gasteiger partial charge in [0.2, 0.25) is 5.91 Å². The fourth-order valence-corrected chi connectivity index (χ4v) is 3.18. The summed E-state index contributed by atoms with van der Waals surface area (Å²) in [6.07, 6.45) is 3.48. The minimum atomic E-state index is -0.00488. The van der Waals surface area contributed by atoms with Crippen LogP contribution in [0.4, 0.5) is 0 Å². The van der Waals surface area contributed by atoms with E-state index in [1.54, 1.807) is 11.2 Å². The molecule has 1 amide bonds. The van der Waals surface area contributed by atoms with Crippen molar-refractivity contribution in [3.8, 4) is 0 Å². The number of hydrogen-bond donors (Lipinski definition) is 1. The molecular formula is C14H26N4O2S. The van der Waals surface area contributed by atoms with Crippen molar-refractivity contribution in [3.63, 3.8) is 0 Å². The van der Waals surface area contributed by atoms with Crippen LogP contribution in [0.25, 0.3) is 0 Å². The van der Waals surface area contributed by atoms with Gasteiger partial charge >= 0.3 is 0 Å². The van der Waals surface area contributed by atoms with Crippen LogP contribution >= 0.6 is 11.8 Å². The maximum absolute atomic E-state index is 12.4. The number of aliphatic hydroxyl groups excluding tert-OH is 1. The molecule has 120 valence electrons. The number of aromatic nitrogens is 3. The first-order chi connectivity index (χ1) is 10.0. The summed E-state index contributed by atoms with van der Waals surface area (Å²) in [4.78, 5) is 14.2. The van der Waals surface area contributed by atoms with Gasteiger partial charge in [0.05, 0.1) is 12.4 Å². The predicted molar refractivity (Wildman–Crippen MR) is 84.3 cm³/mol. The van der Waals surface area contributed by atoms with E-state index in [9.17, 15) is 4.79 Å². The Morgan fingerprint density at radius 2 is 2.10 bits per heavy atom. The van der Waals surface area contributed by atoms with Gasteiger partial charge in [-0.3, -0.25) is 4.79 Å². The zero-order valence-electron chi connectivity index (χ0n) is 13.3. The van der Waals surface area contributed by atoms with E-state index in [1.807, 2.05) is 4.57 Å². The Balaban J connectivity index is 2.67. The third kappa shape index (κ3) is 5.00. The molecule has 21 heavy (non-hydrogen) atoms. The van der Waals surface area contributed by atoms with Crippen LogP contribution in [0.1, 0.15) is 46.6 Å². The number of aliphatic hydroxyl groups is 1. The summed E-state index contributed by atoms with van der Waals surface area (Å²) in [6, 6.07) is 0.457. The molecule has 0 spiro atoms. The lowest BCUT2D eigenvalue weighted by molar-refractivity contribution is -0.131. The standard InChI is InChI=1S/C14H26N4O2S/c1-5-12(6-2)17(7-8-19)13(20)9-21-14-16-15-10-18(14)11(3)4/h10-12,19H,5-9H2,1-4H3. The maximum atomic E-state index is 12.4. The van der Waals surface area contributed by atoms with Crippen LogP contribution in [0, 0.1) is 0 Å². The lowest BCUT2D eigenvalue weighted by Gasteiger charge is -2.30. The van der Waals surface area contributed by atoms with E-state index < -0.39 is 0 Å². The number of rotatable bonds is 9. The number of nitrogens with zero attached hydrogens (tertiary/aromatic N) is 4. The summed E-state index contributed by atoms with van der Waals surface area (Å²) < 4.78 is 1.95. The molecule has 1 aromatic rings. The summed E-state index contributed by atoms with van der Waals surface area (Å²) >= 11 is 1.40. The van der Waals surface area contributed by atoms with Gasteiger partial charge in [-0.25, -0.2) is 0 Å². The Hall–Kier alpha value is -1.08. The first-order valence-corrected chi connectivity index (χ1v) is 8.46. The van der Waals surface area contributed by atoms with Gasteiger partial charge < -0.3 is 14.6 Å². The van der Waals surface area contributed by atoms with Crippen molar-refractivity contribution in [2.75, 3.05) is 18.9 Å². The highest BCUT2D eigenvalue weighted by Gasteiger charge is 2.21. The van der Waals surface area contributed by atoms with Gasteiger partial charge in [-0.1, -0.05) is 25.6 Å². The minimum absolute atomic E-state index is 0.00488. The highest BCUT2D eigenvalue weighted by molar-refractivity contribution is 7.99. The SMILES string of the molecule is CCC(CC)N(CCO)C(=O)CSc1nncn1C(C)C. The van der Waals surface area contributed by atoms with Crippen LogP contribution in [-0.4, -0.2) is 55.6 Å². The molecule has 0 unspecified atom stereocenters. The van der Waals surface area contributed by atoms with Gasteiger partial charge in [0.15, 0.2) is 5.16 Å². The fraction of sp³-hybridized carbons (Fsp3) is 0.786. The second-order valence-corrected chi connectivity index (χ2v) is 6.13. The van der Waals surface area contributed by atoms with E-state index >= 15 is 0 Å². The molecule has 1 heterocycles. The summed E-state index contributed by atoms with van der Waals surface area (Å²) in [7, 11) is 0. The molecule has 0 saturated carbocycles. The van der Waals surface area contributed by atoms with E-state index in [0.717, 1.165) is 18.0 Å². The summed E-state index contributed by atoms with van der Waals surface area (Å²) in [5.74, 6) is 0.364. The van der Waals surface area contributed by atoms with Crippen molar-refractivity contribution >= 4 is 17.7 Å². The molecule has 0 bridgehead atoms. The maximum Gasteiger partial charge on any atom is 0.233 e. The number of amides is 1. The van der Waals surface area contributed by atoms with Gasteiger partial charge in [0.1, 0.15) is 6.33 Å². The second-order valence-electron chi connectivity index (χ2n) is 5.18. The topological polar surface area (TPSA) is 71.2 Å². The van der Waals surface area contributed by atoms with E-state index in [1.165, 1.54) is 11.8 Å². The van der Waals surface area contributed by atoms with Gasteiger partial charge in [0, 0.05) is 18.6 Å². The van der Waals surface area contributed by atoms with Crippen molar-refractivity contribution < 1.29 is 9.90 Å². The predicted octanol–water partition coefficient (Wildman–Crippen LogP) is 1.96. The van der Waals surface area contributed by atoms with Gasteiger partial charge in [-0.15, -0.1) is 10.2 Å². The van der Waals surface area contributed by atoms with E-state index in [-0.39, 0.29) is 24.6 Å². The van der Waals surface area contributed by atoms with E-state index in [0.29, 0.717) is 12.3 Å². The van der Waals surface area contributed by atoms with Crippen LogP contribution in [-0.2, 0) is 4.79 Å². The highest BCUT2D eigenvalue weighted by Crippen LogP contribution is 2.20. The van der Waals surface area contributed by atoms with Crippen LogP contribution in [0.2, 0.25) is 0 Å². The third-order valence-electron chi connectivity index (χ3n) is 3.47. The Bertz CT molecular complexity index is 432. The largest absolute Gasteiger partial charge is 0.395 e. The molecule has 0 saturated heterocycles. The van der Waals surface area contributed by atoms with E-state index in [4.69, 9.17) is 5.11 Å². The first-order valence-electron chi connectivity index (χ1n) is 7.47. The quantitative estimate of drug-likeness (QED) is 0.706. The molecule has 0 radical (unpaired) electrons. The number of carbonyl (C=O) groups is 1. The van der Waals surface area contributed by atoms with Crippen molar-refractivity contribution in [2.45, 2.75) is 57.8 Å². The smallest absolute Gasteiger partial charge is 0.233 e. The summed E-state index contributed by atoms with van der Waals surface area (Å²) in [5, 5.41) is 17.9. The Morgan fingerprint density at radius 1 is 1.43 bits per heavy atom. The molecule has 7 heteroatoms. The molecule has 6 nitrogen and oxygen atoms in total. The lowest BCUT2D eigenvalue weighted by Crippen LogP contribution is -2.42. The number of carbonyl (C=O) groups excluding carboxylic acids is 1. The molecule has 1 aromatic heterocycles. The van der Waals surface area contributed by atoms with Crippen LogP contribution in [0.5, 0.6) is 0 Å². The molecule has 0 atom stereocenters. The zero-order valence-corrected chi connectivity index (χ0v) is 14.1. The lowest BCUT2D eigenvalue weighted by atomic mass is 10.1. The Labute approximate surface area is 130 Å². The minimum Gasteiger partial charge on any atom is -0.395 e. The fourth-order valence-electron chi connectivity index (χ4n) is 2.25. The van der Waals surface area contributed by atoms with Crippen molar-refractivity contribution in [2.24, 2.45) is 0 Å². The average Bonchev–Trinajstić information content (AvgIpc) is 2.93. The molecule has 0 aliphatic carbocycles. The molecule has 0 aliphatic heterocycles. The Kier molecular flexibility index (Phi) is 7.74. The molecule has 1 N–H and O–H groups in total. The number of hydrogen-bond acceptors (Lipinski definition) is 5. The molecule has 0 aromatic carbocycles. The average molecular weight is 314 g/mol. The van der Waals surface area contributed by atoms with Crippen molar-refractivity contribution in [1.29, 1.82) is 0 Å². The second kappa shape index (κ2) is 9.04. The van der Waals surface area contributed by atoms with Gasteiger partial charge in [0.25, 0.3) is 0 Å². The van der Waals surface area contributed by atoms with Gasteiger partial charge in [-0.05, 0) is 26.7 Å². The Morgan fingerprint density at radius 3 is 2.62 bits per heavy atom. The third-order valence-corrected chi connectivity index (χ3v) is 4.41. The van der Waals surface area contributed by atoms with Gasteiger partial charge in [-0.2, -0.15) is 0 Å². The zero-order chi connectivity index (χ0) is 15.8. The van der Waals surface area contributed by atoms with E-state index in [2.05, 4.69) is 37.9 Å². The highest BCUT2D eigenvalue weighted by atomic mass is 32.2. The monoisotopic (exact) mass is 314 g/mol.